The smallest absolute Gasteiger partial charge is 0.306 e. The van der Waals surface area contributed by atoms with Gasteiger partial charge in [-0.3, -0.25) is 14.4 Å². The van der Waals surface area contributed by atoms with Crippen LogP contribution in [-0.2, 0) is 28.6 Å². The van der Waals surface area contributed by atoms with E-state index in [2.05, 4.69) is 65.4 Å². The zero-order valence-corrected chi connectivity index (χ0v) is 47.0. The third-order valence-corrected chi connectivity index (χ3v) is 14.2. The Morgan fingerprint density at radius 2 is 0.574 bits per heavy atom. The van der Waals surface area contributed by atoms with E-state index in [0.717, 1.165) is 161 Å². The summed E-state index contributed by atoms with van der Waals surface area (Å²) in [6.07, 6.45) is 46.7. The molecule has 8 nitrogen and oxygen atoms in total. The van der Waals surface area contributed by atoms with E-state index in [0.29, 0.717) is 25.3 Å². The van der Waals surface area contributed by atoms with Crippen LogP contribution in [0.3, 0.4) is 0 Å². The number of unbranched alkanes of at least 4 members (excludes halogenated alkanes) is 21. The van der Waals surface area contributed by atoms with E-state index in [1.807, 2.05) is 0 Å². The predicted molar refractivity (Wildman–Crippen MR) is 292 cm³/mol. The monoisotopic (exact) mass is 963 g/mol. The minimum Gasteiger partial charge on any atom is -0.462 e. The van der Waals surface area contributed by atoms with E-state index in [4.69, 9.17) is 14.2 Å². The molecule has 0 saturated heterocycles. The van der Waals surface area contributed by atoms with Crippen LogP contribution in [0.5, 0.6) is 0 Å². The second-order valence-electron chi connectivity index (χ2n) is 21.2. The van der Waals surface area contributed by atoms with Gasteiger partial charge in [-0.1, -0.05) is 208 Å². The second kappa shape index (κ2) is 50.3. The number of carbonyl (C=O) groups excluding carboxylic acids is 3. The van der Waals surface area contributed by atoms with Crippen molar-refractivity contribution in [3.8, 4) is 0 Å². The molecule has 0 saturated carbocycles. The van der Waals surface area contributed by atoms with E-state index in [-0.39, 0.29) is 36.2 Å². The van der Waals surface area contributed by atoms with Crippen molar-refractivity contribution in [3.63, 3.8) is 0 Å². The van der Waals surface area contributed by atoms with Crippen molar-refractivity contribution in [3.05, 3.63) is 0 Å². The Labute approximate surface area is 424 Å². The van der Waals surface area contributed by atoms with Gasteiger partial charge >= 0.3 is 17.9 Å². The van der Waals surface area contributed by atoms with Crippen LogP contribution in [0.1, 0.15) is 311 Å². The van der Waals surface area contributed by atoms with Crippen molar-refractivity contribution >= 4 is 17.9 Å². The number of ether oxygens (including phenoxy) is 3. The van der Waals surface area contributed by atoms with Crippen LogP contribution in [0.4, 0.5) is 0 Å². The Bertz CT molecular complexity index is 1030. The highest BCUT2D eigenvalue weighted by molar-refractivity contribution is 5.70. The lowest BCUT2D eigenvalue weighted by Crippen LogP contribution is -2.38. The molecule has 0 spiro atoms. The summed E-state index contributed by atoms with van der Waals surface area (Å²) in [6.45, 7) is 16.7. The third kappa shape index (κ3) is 43.1. The van der Waals surface area contributed by atoms with Crippen LogP contribution in [0.2, 0.25) is 0 Å². The van der Waals surface area contributed by atoms with Crippen molar-refractivity contribution in [1.29, 1.82) is 0 Å². The molecule has 0 radical (unpaired) electrons. The van der Waals surface area contributed by atoms with Gasteiger partial charge in [0.25, 0.3) is 0 Å². The van der Waals surface area contributed by atoms with E-state index in [1.54, 1.807) is 0 Å². The number of hydrogen-bond donors (Lipinski definition) is 0. The highest BCUT2D eigenvalue weighted by Gasteiger charge is 2.19. The zero-order chi connectivity index (χ0) is 50.1. The largest absolute Gasteiger partial charge is 0.462 e. The third-order valence-electron chi connectivity index (χ3n) is 14.2. The summed E-state index contributed by atoms with van der Waals surface area (Å²) in [5.41, 5.74) is 0. The van der Waals surface area contributed by atoms with Crippen molar-refractivity contribution in [2.75, 3.05) is 33.7 Å². The molecule has 0 N–H and O–H groups in total. The maximum absolute atomic E-state index is 12.6. The Kier molecular flexibility index (Phi) is 49.0. The topological polar surface area (TPSA) is 85.4 Å². The first-order valence-corrected chi connectivity index (χ1v) is 30.1. The van der Waals surface area contributed by atoms with Gasteiger partial charge in [0.05, 0.1) is 0 Å². The van der Waals surface area contributed by atoms with E-state index < -0.39 is 0 Å². The molecule has 0 atom stereocenters. The fraction of sp³-hybridized carbons (Fsp3) is 0.950. The summed E-state index contributed by atoms with van der Waals surface area (Å²) in [5, 5.41) is 0. The van der Waals surface area contributed by atoms with Gasteiger partial charge in [0.1, 0.15) is 18.3 Å². The van der Waals surface area contributed by atoms with Gasteiger partial charge in [-0.2, -0.15) is 0 Å². The van der Waals surface area contributed by atoms with E-state index in [1.165, 1.54) is 109 Å². The number of nitrogens with zero attached hydrogens (tertiary/aromatic N) is 2. The van der Waals surface area contributed by atoms with E-state index >= 15 is 0 Å². The molecular weight excluding hydrogens is 845 g/mol. The van der Waals surface area contributed by atoms with Crippen LogP contribution >= 0.6 is 0 Å². The minimum absolute atomic E-state index is 0.0124. The first-order chi connectivity index (χ1) is 33.1. The number of esters is 3. The summed E-state index contributed by atoms with van der Waals surface area (Å²) in [6, 6.07) is 0.632. The molecule has 0 aromatic carbocycles. The van der Waals surface area contributed by atoms with Gasteiger partial charge in [0, 0.05) is 25.3 Å². The van der Waals surface area contributed by atoms with Gasteiger partial charge in [-0.25, -0.2) is 0 Å². The van der Waals surface area contributed by atoms with Crippen LogP contribution < -0.4 is 0 Å². The highest BCUT2D eigenvalue weighted by Crippen LogP contribution is 2.23. The quantitative estimate of drug-likeness (QED) is 0.0339. The van der Waals surface area contributed by atoms with Gasteiger partial charge < -0.3 is 24.0 Å². The molecule has 0 heterocycles. The lowest BCUT2D eigenvalue weighted by Gasteiger charge is -2.33. The molecule has 0 amide bonds. The molecular formula is C60H118N2O6. The molecule has 68 heavy (non-hydrogen) atoms. The van der Waals surface area contributed by atoms with Crippen LogP contribution in [-0.4, -0.2) is 85.8 Å². The molecule has 0 aliphatic carbocycles. The van der Waals surface area contributed by atoms with Gasteiger partial charge in [0.15, 0.2) is 0 Å². The Morgan fingerprint density at radius 3 is 0.868 bits per heavy atom. The Hall–Kier alpha value is -1.67. The van der Waals surface area contributed by atoms with Gasteiger partial charge in [0.2, 0.25) is 0 Å². The number of carbonyl (C=O) groups is 3. The summed E-state index contributed by atoms with van der Waals surface area (Å²) in [4.78, 5) is 43.1. The molecule has 0 aromatic rings. The summed E-state index contributed by atoms with van der Waals surface area (Å²) in [5.74, 6) is 0.0383. The molecule has 0 bridgehead atoms. The van der Waals surface area contributed by atoms with Crippen LogP contribution in [0, 0.1) is 0 Å². The summed E-state index contributed by atoms with van der Waals surface area (Å²) < 4.78 is 17.7. The zero-order valence-electron chi connectivity index (χ0n) is 47.0. The van der Waals surface area contributed by atoms with E-state index in [9.17, 15) is 14.4 Å². The normalized spacial score (nSPS) is 11.9. The first kappa shape index (κ1) is 66.3. The lowest BCUT2D eigenvalue weighted by molar-refractivity contribution is -0.151. The van der Waals surface area contributed by atoms with Crippen molar-refractivity contribution in [2.45, 2.75) is 336 Å². The first-order valence-electron chi connectivity index (χ1n) is 30.1. The fourth-order valence-corrected chi connectivity index (χ4v) is 9.69. The molecule has 0 aliphatic heterocycles. The molecule has 404 valence electrons. The Balaban J connectivity index is 5.12. The van der Waals surface area contributed by atoms with Crippen molar-refractivity contribution < 1.29 is 28.6 Å². The maximum atomic E-state index is 12.6. The summed E-state index contributed by atoms with van der Waals surface area (Å²) in [7, 11) is 4.39. The second-order valence-corrected chi connectivity index (χ2v) is 21.2. The summed E-state index contributed by atoms with van der Waals surface area (Å²) >= 11 is 0. The number of rotatable bonds is 53. The average molecular weight is 964 g/mol. The van der Waals surface area contributed by atoms with Crippen molar-refractivity contribution in [2.24, 2.45) is 0 Å². The average Bonchev–Trinajstić information content (AvgIpc) is 3.32. The maximum Gasteiger partial charge on any atom is 0.306 e. The standard InChI is InChI=1S/C60H118N2O6/c1-9-15-42-55(43-16-10-2)66-58(63)48-35-29-23-21-27-33-40-54(41-34-28-22-24-30-36-49-59(64)67-56(44-17-11-3)45-18-12-4)62(53-39-51-61(7)8)52-38-32-26-25-31-37-50-60(65)68-57(46-19-13-5)47-20-14-6/h54-57H,9-53H2,1-8H3. The van der Waals surface area contributed by atoms with Crippen molar-refractivity contribution in [1.82, 2.24) is 9.80 Å². The highest BCUT2D eigenvalue weighted by atomic mass is 16.6. The molecule has 8 heteroatoms. The van der Waals surface area contributed by atoms with Gasteiger partial charge in [-0.05, 0) is 117 Å². The molecule has 0 unspecified atom stereocenters. The lowest BCUT2D eigenvalue weighted by atomic mass is 9.97. The van der Waals surface area contributed by atoms with Gasteiger partial charge in [-0.15, -0.1) is 0 Å². The molecule has 0 aromatic heterocycles. The SMILES string of the molecule is CCCCC(CCCC)OC(=O)CCCCCCCCC(CCCCCCCCC(=O)OC(CCCC)CCCC)N(CCCCCCCCC(=O)OC(CCCC)CCCC)CCCN(C)C. The van der Waals surface area contributed by atoms with Crippen LogP contribution in [0.25, 0.3) is 0 Å². The predicted octanol–water partition coefficient (Wildman–Crippen LogP) is 17.5. The minimum atomic E-state index is 0.0124. The molecule has 0 fully saturated rings. The number of hydrogen-bond acceptors (Lipinski definition) is 8. The fourth-order valence-electron chi connectivity index (χ4n) is 9.69. The molecule has 0 rings (SSSR count). The molecule has 0 aliphatic rings. The van der Waals surface area contributed by atoms with Crippen LogP contribution in [0.15, 0.2) is 0 Å². The Morgan fingerprint density at radius 1 is 0.309 bits per heavy atom.